The summed E-state index contributed by atoms with van der Waals surface area (Å²) in [6.45, 7) is 3.82. The van der Waals surface area contributed by atoms with Gasteiger partial charge in [-0.15, -0.1) is 0 Å². The van der Waals surface area contributed by atoms with Gasteiger partial charge < -0.3 is 5.32 Å². The molecule has 1 fully saturated rings. The predicted octanol–water partition coefficient (Wildman–Crippen LogP) is 1.82. The highest BCUT2D eigenvalue weighted by atomic mass is 35.5. The Hall–Kier alpha value is -0.580. The first-order chi connectivity index (χ1) is 8.24. The summed E-state index contributed by atoms with van der Waals surface area (Å²) >= 11 is 5.82. The summed E-state index contributed by atoms with van der Waals surface area (Å²) in [7, 11) is -0.582. The van der Waals surface area contributed by atoms with Crippen LogP contribution in [0, 0.1) is 0 Å². The van der Waals surface area contributed by atoms with Gasteiger partial charge in [0.1, 0.15) is 0 Å². The molecular weight excluding hydrogens is 256 g/mol. The Morgan fingerprint density at radius 1 is 1.24 bits per heavy atom. The Bertz CT molecular complexity index is 373. The minimum absolute atomic E-state index is 0.582. The Morgan fingerprint density at radius 2 is 1.88 bits per heavy atom. The molecule has 0 spiro atoms. The van der Waals surface area contributed by atoms with Gasteiger partial charge in [-0.25, -0.2) is 0 Å². The first kappa shape index (κ1) is 12.9. The van der Waals surface area contributed by atoms with E-state index in [1.807, 2.05) is 24.3 Å². The third-order valence-electron chi connectivity index (χ3n) is 2.87. The molecule has 0 amide bonds. The highest BCUT2D eigenvalue weighted by Crippen LogP contribution is 2.13. The van der Waals surface area contributed by atoms with Crippen molar-refractivity contribution in [3.63, 3.8) is 0 Å². The molecule has 1 aromatic rings. The van der Waals surface area contributed by atoms with E-state index < -0.39 is 10.8 Å². The van der Waals surface area contributed by atoms with Crippen LogP contribution < -0.4 is 5.32 Å². The van der Waals surface area contributed by atoms with E-state index in [-0.39, 0.29) is 0 Å². The molecule has 2 rings (SSSR count). The van der Waals surface area contributed by atoms with E-state index in [9.17, 15) is 4.21 Å². The van der Waals surface area contributed by atoms with E-state index in [2.05, 4.69) is 10.2 Å². The molecular formula is C12H17ClN2OS. The van der Waals surface area contributed by atoms with E-state index in [0.29, 0.717) is 0 Å². The molecule has 0 aromatic heterocycles. The number of halogens is 1. The van der Waals surface area contributed by atoms with Gasteiger partial charge >= 0.3 is 0 Å². The summed E-state index contributed by atoms with van der Waals surface area (Å²) in [6.07, 6.45) is 0. The molecule has 1 N–H and O–H groups in total. The highest BCUT2D eigenvalue weighted by Gasteiger charge is 2.13. The van der Waals surface area contributed by atoms with Gasteiger partial charge in [0.05, 0.1) is 0 Å². The minimum Gasteiger partial charge on any atom is -0.384 e. The molecule has 1 aliphatic heterocycles. The molecule has 1 aromatic carbocycles. The second kappa shape index (κ2) is 6.38. The molecule has 0 saturated carbocycles. The Morgan fingerprint density at radius 3 is 2.53 bits per heavy atom. The maximum Gasteiger partial charge on any atom is 0.0407 e. The lowest BCUT2D eigenvalue weighted by atomic mass is 10.3. The SMILES string of the molecule is O=S1CCN(CCNc2ccc(Cl)cc2)CC1. The summed E-state index contributed by atoms with van der Waals surface area (Å²) in [5, 5.41) is 4.11. The van der Waals surface area contributed by atoms with Crippen LogP contribution in [0.1, 0.15) is 0 Å². The van der Waals surface area contributed by atoms with E-state index in [0.717, 1.165) is 48.4 Å². The Balaban J connectivity index is 1.69. The van der Waals surface area contributed by atoms with Crippen molar-refractivity contribution in [2.24, 2.45) is 0 Å². The zero-order valence-electron chi connectivity index (χ0n) is 9.69. The van der Waals surface area contributed by atoms with Crippen LogP contribution >= 0.6 is 11.6 Å². The topological polar surface area (TPSA) is 32.3 Å². The molecule has 3 nitrogen and oxygen atoms in total. The van der Waals surface area contributed by atoms with Crippen molar-refractivity contribution >= 4 is 28.1 Å². The number of rotatable bonds is 4. The molecule has 1 aliphatic rings. The average Bonchev–Trinajstić information content (AvgIpc) is 2.34. The third kappa shape index (κ3) is 4.30. The molecule has 17 heavy (non-hydrogen) atoms. The zero-order valence-corrected chi connectivity index (χ0v) is 11.3. The van der Waals surface area contributed by atoms with Crippen LogP contribution in [0.15, 0.2) is 24.3 Å². The van der Waals surface area contributed by atoms with E-state index in [1.165, 1.54) is 0 Å². The van der Waals surface area contributed by atoms with Crippen LogP contribution in [0.25, 0.3) is 0 Å². The third-order valence-corrected chi connectivity index (χ3v) is 4.40. The molecule has 0 unspecified atom stereocenters. The van der Waals surface area contributed by atoms with Gasteiger partial charge in [-0.1, -0.05) is 11.6 Å². The number of hydrogen-bond acceptors (Lipinski definition) is 3. The van der Waals surface area contributed by atoms with Crippen LogP contribution in [-0.4, -0.2) is 46.8 Å². The lowest BCUT2D eigenvalue weighted by Gasteiger charge is -2.26. The predicted molar refractivity (Wildman–Crippen MR) is 74.3 cm³/mol. The van der Waals surface area contributed by atoms with Crippen molar-refractivity contribution in [1.29, 1.82) is 0 Å². The quantitative estimate of drug-likeness (QED) is 0.907. The fourth-order valence-corrected chi connectivity index (χ4v) is 3.08. The van der Waals surface area contributed by atoms with Crippen molar-refractivity contribution in [2.45, 2.75) is 0 Å². The largest absolute Gasteiger partial charge is 0.384 e. The van der Waals surface area contributed by atoms with Crippen molar-refractivity contribution in [3.8, 4) is 0 Å². The second-order valence-corrected chi connectivity index (χ2v) is 6.26. The van der Waals surface area contributed by atoms with E-state index in [1.54, 1.807) is 0 Å². The van der Waals surface area contributed by atoms with Gasteiger partial charge in [-0.2, -0.15) is 0 Å². The molecule has 94 valence electrons. The highest BCUT2D eigenvalue weighted by molar-refractivity contribution is 7.85. The standard InChI is InChI=1S/C12H17ClN2OS/c13-11-1-3-12(4-2-11)14-5-6-15-7-9-17(16)10-8-15/h1-4,14H,5-10H2. The maximum absolute atomic E-state index is 11.2. The summed E-state index contributed by atoms with van der Waals surface area (Å²) in [5.74, 6) is 1.64. The molecule has 0 radical (unpaired) electrons. The van der Waals surface area contributed by atoms with Gasteiger partial charge in [0.25, 0.3) is 0 Å². The molecule has 5 heteroatoms. The maximum atomic E-state index is 11.2. The average molecular weight is 273 g/mol. The number of benzene rings is 1. The number of nitrogens with one attached hydrogen (secondary N) is 1. The second-order valence-electron chi connectivity index (χ2n) is 4.12. The number of hydrogen-bond donors (Lipinski definition) is 1. The monoisotopic (exact) mass is 272 g/mol. The van der Waals surface area contributed by atoms with Crippen molar-refractivity contribution in [1.82, 2.24) is 4.90 Å². The van der Waals surface area contributed by atoms with Gasteiger partial charge in [0, 0.05) is 59.2 Å². The van der Waals surface area contributed by atoms with Crippen LogP contribution in [0.2, 0.25) is 5.02 Å². The number of nitrogens with zero attached hydrogens (tertiary/aromatic N) is 1. The Kier molecular flexibility index (Phi) is 4.83. The molecule has 0 aliphatic carbocycles. The van der Waals surface area contributed by atoms with Crippen LogP contribution in [0.3, 0.4) is 0 Å². The first-order valence-corrected chi connectivity index (χ1v) is 7.67. The van der Waals surface area contributed by atoms with E-state index in [4.69, 9.17) is 11.6 Å². The Labute approximate surface area is 110 Å². The first-order valence-electron chi connectivity index (χ1n) is 5.81. The minimum atomic E-state index is -0.582. The van der Waals surface area contributed by atoms with Crippen molar-refractivity contribution in [2.75, 3.05) is 43.0 Å². The summed E-state index contributed by atoms with van der Waals surface area (Å²) in [4.78, 5) is 2.35. The van der Waals surface area contributed by atoms with Gasteiger partial charge in [0.15, 0.2) is 0 Å². The molecule has 1 saturated heterocycles. The summed E-state index contributed by atoms with van der Waals surface area (Å²) in [5.41, 5.74) is 1.09. The van der Waals surface area contributed by atoms with Crippen molar-refractivity contribution < 1.29 is 4.21 Å². The van der Waals surface area contributed by atoms with Crippen LogP contribution in [-0.2, 0) is 10.8 Å². The van der Waals surface area contributed by atoms with Crippen LogP contribution in [0.4, 0.5) is 5.69 Å². The zero-order chi connectivity index (χ0) is 12.1. The van der Waals surface area contributed by atoms with Crippen molar-refractivity contribution in [3.05, 3.63) is 29.3 Å². The van der Waals surface area contributed by atoms with Gasteiger partial charge in [0.2, 0.25) is 0 Å². The van der Waals surface area contributed by atoms with Gasteiger partial charge in [-0.05, 0) is 24.3 Å². The lowest BCUT2D eigenvalue weighted by Crippen LogP contribution is -2.40. The smallest absolute Gasteiger partial charge is 0.0407 e. The number of anilines is 1. The fourth-order valence-electron chi connectivity index (χ4n) is 1.83. The summed E-state index contributed by atoms with van der Waals surface area (Å²) < 4.78 is 11.2. The van der Waals surface area contributed by atoms with E-state index >= 15 is 0 Å². The molecule has 0 atom stereocenters. The summed E-state index contributed by atoms with van der Waals surface area (Å²) in [6, 6.07) is 7.73. The molecule has 0 bridgehead atoms. The van der Waals surface area contributed by atoms with Gasteiger partial charge in [-0.3, -0.25) is 9.11 Å². The normalized spacial score (nSPS) is 18.2. The fraction of sp³-hybridized carbons (Fsp3) is 0.500. The molecule has 1 heterocycles. The lowest BCUT2D eigenvalue weighted by molar-refractivity contribution is 0.311. The van der Waals surface area contributed by atoms with Crippen LogP contribution in [0.5, 0.6) is 0 Å².